The van der Waals surface area contributed by atoms with Gasteiger partial charge in [0, 0.05) is 0 Å². The molecule has 0 spiro atoms. The molecule has 0 aliphatic carbocycles. The van der Waals surface area contributed by atoms with Crippen LogP contribution in [0.4, 0.5) is 0 Å². The first-order valence-corrected chi connectivity index (χ1v) is 6.38. The second-order valence-electron chi connectivity index (χ2n) is 3.84. The molecule has 0 aliphatic heterocycles. The van der Waals surface area contributed by atoms with Gasteiger partial charge in [0.1, 0.15) is 5.54 Å². The summed E-state index contributed by atoms with van der Waals surface area (Å²) in [6.07, 6.45) is 0. The minimum absolute atomic E-state index is 0. The number of carboxylic acids is 1. The zero-order valence-electron chi connectivity index (χ0n) is 9.30. The molecule has 0 bridgehead atoms. The minimum atomic E-state index is -3.55. The Morgan fingerprint density at radius 1 is 1.47 bits per heavy atom. The van der Waals surface area contributed by atoms with Crippen molar-refractivity contribution in [3.05, 3.63) is 0 Å². The third kappa shape index (κ3) is 7.70. The Morgan fingerprint density at radius 3 is 2.29 bits per heavy atom. The molecular weight excluding hydrogens is 246 g/mol. The molecule has 0 heterocycles. The Labute approximate surface area is 102 Å². The Morgan fingerprint density at radius 2 is 1.94 bits per heavy atom. The predicted octanol–water partition coefficient (Wildman–Crippen LogP) is -0.784. The van der Waals surface area contributed by atoms with E-state index in [1.54, 1.807) is 0 Å². The van der Waals surface area contributed by atoms with Gasteiger partial charge in [-0.05, 0) is 13.8 Å². The molecule has 5 N–H and O–H groups in total. The van der Waals surface area contributed by atoms with Crippen LogP contribution >= 0.6 is 0 Å². The normalized spacial score (nSPS) is 15.8. The molecule has 1 atom stereocenters. The van der Waals surface area contributed by atoms with Gasteiger partial charge in [0.2, 0.25) is 0 Å². The lowest BCUT2D eigenvalue weighted by molar-refractivity contribution is -0.141. The van der Waals surface area contributed by atoms with E-state index in [0.29, 0.717) is 0 Å². The number of sulfone groups is 1. The Kier molecular flexibility index (Phi) is 7.02. The largest absolute Gasteiger partial charge is 0.480 e. The van der Waals surface area contributed by atoms with Crippen LogP contribution < -0.4 is 11.5 Å². The van der Waals surface area contributed by atoms with Crippen molar-refractivity contribution < 1.29 is 18.3 Å². The SMILES string of the molecule is C.CC(N)=NCCS(=O)(=O)CC(C)(N)C(=O)O. The topological polar surface area (TPSA) is 136 Å². The van der Waals surface area contributed by atoms with Crippen molar-refractivity contribution in [2.45, 2.75) is 26.8 Å². The first-order valence-electron chi connectivity index (χ1n) is 4.56. The van der Waals surface area contributed by atoms with Crippen LogP contribution in [-0.2, 0) is 14.6 Å². The van der Waals surface area contributed by atoms with E-state index in [1.165, 1.54) is 6.92 Å². The smallest absolute Gasteiger partial charge is 0.324 e. The molecule has 1 unspecified atom stereocenters. The van der Waals surface area contributed by atoms with Crippen molar-refractivity contribution in [3.63, 3.8) is 0 Å². The van der Waals surface area contributed by atoms with Gasteiger partial charge in [0.15, 0.2) is 9.84 Å². The highest BCUT2D eigenvalue weighted by atomic mass is 32.2. The number of aliphatic imine (C=N–C) groups is 1. The molecule has 0 amide bonds. The fourth-order valence-corrected chi connectivity index (χ4v) is 2.50. The third-order valence-corrected chi connectivity index (χ3v) is 3.62. The summed E-state index contributed by atoms with van der Waals surface area (Å²) in [5.41, 5.74) is 8.79. The lowest BCUT2D eigenvalue weighted by Gasteiger charge is -2.18. The van der Waals surface area contributed by atoms with Gasteiger partial charge in [-0.25, -0.2) is 8.42 Å². The number of amidine groups is 1. The fraction of sp³-hybridized carbons (Fsp3) is 0.778. The van der Waals surface area contributed by atoms with Crippen LogP contribution in [0.1, 0.15) is 21.3 Å². The monoisotopic (exact) mass is 267 g/mol. The zero-order valence-corrected chi connectivity index (χ0v) is 10.1. The minimum Gasteiger partial charge on any atom is -0.480 e. The number of nitrogens with zero attached hydrogens (tertiary/aromatic N) is 1. The molecular formula is C9H21N3O4S. The van der Waals surface area contributed by atoms with Gasteiger partial charge >= 0.3 is 5.97 Å². The van der Waals surface area contributed by atoms with Crippen LogP contribution in [0.2, 0.25) is 0 Å². The molecule has 8 heteroatoms. The summed E-state index contributed by atoms with van der Waals surface area (Å²) < 4.78 is 23.0. The number of carboxylic acid groups (broad SMARTS) is 1. The second kappa shape index (κ2) is 6.55. The van der Waals surface area contributed by atoms with Gasteiger partial charge in [0.05, 0.1) is 23.9 Å². The van der Waals surface area contributed by atoms with Crippen molar-refractivity contribution in [1.82, 2.24) is 0 Å². The van der Waals surface area contributed by atoms with Crippen LogP contribution in [0.5, 0.6) is 0 Å². The highest BCUT2D eigenvalue weighted by Crippen LogP contribution is 2.05. The number of hydrogen-bond donors (Lipinski definition) is 3. The lowest BCUT2D eigenvalue weighted by Crippen LogP contribution is -2.51. The van der Waals surface area contributed by atoms with Gasteiger partial charge in [-0.15, -0.1) is 0 Å². The maximum Gasteiger partial charge on any atom is 0.324 e. The van der Waals surface area contributed by atoms with Crippen LogP contribution in [0.25, 0.3) is 0 Å². The van der Waals surface area contributed by atoms with Crippen LogP contribution in [0.3, 0.4) is 0 Å². The summed E-state index contributed by atoms with van der Waals surface area (Å²) in [5, 5.41) is 8.68. The second-order valence-corrected chi connectivity index (χ2v) is 6.02. The number of rotatable bonds is 6. The standard InChI is InChI=1S/C8H17N3O4S.CH4/c1-6(9)11-3-4-16(14,15)5-8(2,10)7(12)13;/h3-5,10H2,1-2H3,(H2,9,11)(H,12,13);1H4. The van der Waals surface area contributed by atoms with Gasteiger partial charge < -0.3 is 16.6 Å². The van der Waals surface area contributed by atoms with E-state index in [-0.39, 0.29) is 25.6 Å². The molecule has 0 saturated heterocycles. The van der Waals surface area contributed by atoms with Crippen LogP contribution in [0.15, 0.2) is 4.99 Å². The maximum absolute atomic E-state index is 11.5. The number of hydrogen-bond acceptors (Lipinski definition) is 5. The molecule has 0 aromatic heterocycles. The maximum atomic E-state index is 11.5. The molecule has 0 radical (unpaired) electrons. The Hall–Kier alpha value is -1.15. The molecule has 0 aromatic rings. The summed E-state index contributed by atoms with van der Waals surface area (Å²) in [6.45, 7) is 2.71. The molecule has 0 fully saturated rings. The zero-order chi connectivity index (χ0) is 13.0. The predicted molar refractivity (Wildman–Crippen MR) is 67.8 cm³/mol. The summed E-state index contributed by atoms with van der Waals surface area (Å²) in [5.74, 6) is -1.95. The van der Waals surface area contributed by atoms with Gasteiger partial charge in [-0.2, -0.15) is 0 Å². The molecule has 0 rings (SSSR count). The lowest BCUT2D eigenvalue weighted by atomic mass is 10.1. The number of aliphatic carboxylic acids is 1. The first-order chi connectivity index (χ1) is 7.07. The van der Waals surface area contributed by atoms with Gasteiger partial charge in [-0.3, -0.25) is 9.79 Å². The first kappa shape index (κ1) is 18.2. The van der Waals surface area contributed by atoms with E-state index in [0.717, 1.165) is 6.92 Å². The van der Waals surface area contributed by atoms with Gasteiger partial charge in [-0.1, -0.05) is 7.43 Å². The van der Waals surface area contributed by atoms with Crippen molar-refractivity contribution >= 4 is 21.6 Å². The molecule has 0 saturated carbocycles. The van der Waals surface area contributed by atoms with E-state index >= 15 is 0 Å². The number of nitrogens with two attached hydrogens (primary N) is 2. The quantitative estimate of drug-likeness (QED) is 0.426. The average molecular weight is 267 g/mol. The van der Waals surface area contributed by atoms with E-state index < -0.39 is 27.1 Å². The van der Waals surface area contributed by atoms with E-state index in [4.69, 9.17) is 16.6 Å². The highest BCUT2D eigenvalue weighted by Gasteiger charge is 2.33. The number of carbonyl (C=O) groups is 1. The van der Waals surface area contributed by atoms with E-state index in [9.17, 15) is 13.2 Å². The van der Waals surface area contributed by atoms with Crippen molar-refractivity contribution in [2.24, 2.45) is 16.5 Å². The van der Waals surface area contributed by atoms with Crippen molar-refractivity contribution in [3.8, 4) is 0 Å². The van der Waals surface area contributed by atoms with E-state index in [1.807, 2.05) is 0 Å². The molecule has 102 valence electrons. The molecule has 17 heavy (non-hydrogen) atoms. The van der Waals surface area contributed by atoms with Crippen LogP contribution in [-0.4, -0.2) is 48.9 Å². The van der Waals surface area contributed by atoms with E-state index in [2.05, 4.69) is 4.99 Å². The third-order valence-electron chi connectivity index (χ3n) is 1.77. The van der Waals surface area contributed by atoms with Crippen LogP contribution in [0, 0.1) is 0 Å². The van der Waals surface area contributed by atoms with Gasteiger partial charge in [0.25, 0.3) is 0 Å². The molecule has 0 aliphatic rings. The Bertz CT molecular complexity index is 383. The summed E-state index contributed by atoms with van der Waals surface area (Å²) in [7, 11) is -3.55. The van der Waals surface area contributed by atoms with Crippen molar-refractivity contribution in [2.75, 3.05) is 18.1 Å². The van der Waals surface area contributed by atoms with Crippen molar-refractivity contribution in [1.29, 1.82) is 0 Å². The summed E-state index contributed by atoms with van der Waals surface area (Å²) >= 11 is 0. The molecule has 7 nitrogen and oxygen atoms in total. The Balaban J connectivity index is 0. The average Bonchev–Trinajstić information content (AvgIpc) is 1.99. The summed E-state index contributed by atoms with van der Waals surface area (Å²) in [4.78, 5) is 14.4. The highest BCUT2D eigenvalue weighted by molar-refractivity contribution is 7.91. The fourth-order valence-electron chi connectivity index (χ4n) is 0.952. The molecule has 0 aromatic carbocycles. The summed E-state index contributed by atoms with van der Waals surface area (Å²) in [6, 6.07) is 0.